The Morgan fingerprint density at radius 3 is 2.67 bits per heavy atom. The number of nitrogens with zero attached hydrogens (tertiary/aromatic N) is 3. The van der Waals surface area contributed by atoms with Gasteiger partial charge in [-0.05, 0) is 24.6 Å². The number of rotatable bonds is 5. The van der Waals surface area contributed by atoms with Gasteiger partial charge in [0, 0.05) is 11.9 Å². The smallest absolute Gasteiger partial charge is 0.255 e. The van der Waals surface area contributed by atoms with Crippen LogP contribution in [-0.2, 0) is 13.1 Å². The lowest BCUT2D eigenvalue weighted by Crippen LogP contribution is -2.23. The Labute approximate surface area is 145 Å². The van der Waals surface area contributed by atoms with Gasteiger partial charge in [0.25, 0.3) is 5.91 Å². The van der Waals surface area contributed by atoms with E-state index in [1.807, 2.05) is 41.9 Å². The van der Waals surface area contributed by atoms with Crippen molar-refractivity contribution in [3.05, 3.63) is 82.4 Å². The number of hydrogen-bond donors (Lipinski definition) is 1. The molecule has 0 bridgehead atoms. The minimum atomic E-state index is -0.163. The number of halogens is 1. The Hall–Kier alpha value is -2.66. The lowest BCUT2D eigenvalue weighted by Gasteiger charge is -2.07. The maximum atomic E-state index is 12.4. The molecule has 24 heavy (non-hydrogen) atoms. The fourth-order valence-electron chi connectivity index (χ4n) is 2.36. The van der Waals surface area contributed by atoms with E-state index in [-0.39, 0.29) is 5.91 Å². The van der Waals surface area contributed by atoms with E-state index in [1.165, 1.54) is 0 Å². The number of nitrogens with one attached hydrogen (secondary N) is 1. The Balaban J connectivity index is 1.66. The van der Waals surface area contributed by atoms with Gasteiger partial charge in [-0.1, -0.05) is 41.9 Å². The molecular weight excluding hydrogens is 324 g/mol. The standard InChI is InChI=1S/C18H17ClN4O/c1-13-17(11-22-23(13)12-14-5-3-2-4-6-14)18(24)21-10-16-8-7-15(19)9-20-16/h2-9,11H,10,12H2,1H3,(H,21,24). The maximum Gasteiger partial charge on any atom is 0.255 e. The molecule has 2 heterocycles. The molecule has 0 atom stereocenters. The molecule has 6 heteroatoms. The van der Waals surface area contributed by atoms with E-state index in [1.54, 1.807) is 24.5 Å². The fraction of sp³-hybridized carbons (Fsp3) is 0.167. The number of carbonyl (C=O) groups is 1. The molecule has 0 aliphatic rings. The highest BCUT2D eigenvalue weighted by molar-refractivity contribution is 6.30. The zero-order chi connectivity index (χ0) is 16.9. The number of pyridine rings is 1. The SMILES string of the molecule is Cc1c(C(=O)NCc2ccc(Cl)cn2)cnn1Cc1ccccc1. The van der Waals surface area contributed by atoms with E-state index in [9.17, 15) is 4.79 Å². The van der Waals surface area contributed by atoms with Crippen LogP contribution in [0.15, 0.2) is 54.9 Å². The lowest BCUT2D eigenvalue weighted by molar-refractivity contribution is 0.0949. The van der Waals surface area contributed by atoms with Crippen LogP contribution < -0.4 is 5.32 Å². The monoisotopic (exact) mass is 340 g/mol. The summed E-state index contributed by atoms with van der Waals surface area (Å²) in [7, 11) is 0. The Kier molecular flexibility index (Phi) is 4.91. The predicted octanol–water partition coefficient (Wildman–Crippen LogP) is 3.22. The van der Waals surface area contributed by atoms with Crippen molar-refractivity contribution in [3.63, 3.8) is 0 Å². The molecular formula is C18H17ClN4O. The molecule has 0 spiro atoms. The third kappa shape index (κ3) is 3.81. The predicted molar refractivity (Wildman–Crippen MR) is 92.9 cm³/mol. The Morgan fingerprint density at radius 1 is 1.17 bits per heavy atom. The molecule has 0 saturated heterocycles. The minimum Gasteiger partial charge on any atom is -0.346 e. The molecule has 1 aromatic carbocycles. The molecule has 0 radical (unpaired) electrons. The summed E-state index contributed by atoms with van der Waals surface area (Å²) >= 11 is 5.80. The zero-order valence-corrected chi connectivity index (χ0v) is 14.0. The van der Waals surface area contributed by atoms with Crippen molar-refractivity contribution in [1.82, 2.24) is 20.1 Å². The first-order valence-corrected chi connectivity index (χ1v) is 7.96. The van der Waals surface area contributed by atoms with E-state index in [0.29, 0.717) is 23.7 Å². The van der Waals surface area contributed by atoms with E-state index < -0.39 is 0 Å². The summed E-state index contributed by atoms with van der Waals surface area (Å²) in [5, 5.41) is 7.75. The van der Waals surface area contributed by atoms with Crippen molar-refractivity contribution in [3.8, 4) is 0 Å². The van der Waals surface area contributed by atoms with Crippen molar-refractivity contribution in [2.45, 2.75) is 20.0 Å². The normalized spacial score (nSPS) is 10.6. The Morgan fingerprint density at radius 2 is 1.96 bits per heavy atom. The van der Waals surface area contributed by atoms with Crippen LogP contribution >= 0.6 is 11.6 Å². The van der Waals surface area contributed by atoms with Gasteiger partial charge < -0.3 is 5.32 Å². The average molecular weight is 341 g/mol. The third-order valence-electron chi connectivity index (χ3n) is 3.74. The van der Waals surface area contributed by atoms with Crippen molar-refractivity contribution in [2.75, 3.05) is 0 Å². The van der Waals surface area contributed by atoms with Crippen LogP contribution in [0, 0.1) is 6.92 Å². The highest BCUT2D eigenvalue weighted by Crippen LogP contribution is 2.11. The van der Waals surface area contributed by atoms with Gasteiger partial charge in [0.1, 0.15) is 0 Å². The molecule has 2 aromatic heterocycles. The van der Waals surface area contributed by atoms with E-state index >= 15 is 0 Å². The summed E-state index contributed by atoms with van der Waals surface area (Å²) in [6.07, 6.45) is 3.16. The summed E-state index contributed by atoms with van der Waals surface area (Å²) in [6.45, 7) is 2.88. The molecule has 3 rings (SSSR count). The third-order valence-corrected chi connectivity index (χ3v) is 3.97. The molecule has 5 nitrogen and oxygen atoms in total. The highest BCUT2D eigenvalue weighted by atomic mass is 35.5. The molecule has 0 fully saturated rings. The molecule has 1 amide bonds. The summed E-state index contributed by atoms with van der Waals surface area (Å²) in [4.78, 5) is 16.5. The van der Waals surface area contributed by atoms with Gasteiger partial charge in [0.15, 0.2) is 0 Å². The fourth-order valence-corrected chi connectivity index (χ4v) is 2.47. The molecule has 0 saturated carbocycles. The van der Waals surface area contributed by atoms with E-state index in [4.69, 9.17) is 11.6 Å². The van der Waals surface area contributed by atoms with Crippen LogP contribution in [0.3, 0.4) is 0 Å². The van der Waals surface area contributed by atoms with Crippen molar-refractivity contribution in [1.29, 1.82) is 0 Å². The van der Waals surface area contributed by atoms with Crippen LogP contribution in [0.2, 0.25) is 5.02 Å². The number of amides is 1. The van der Waals surface area contributed by atoms with Gasteiger partial charge in [0.05, 0.1) is 35.6 Å². The number of aromatic nitrogens is 3. The van der Waals surface area contributed by atoms with Gasteiger partial charge in [0.2, 0.25) is 0 Å². The van der Waals surface area contributed by atoms with Crippen molar-refractivity contribution in [2.24, 2.45) is 0 Å². The lowest BCUT2D eigenvalue weighted by atomic mass is 10.2. The average Bonchev–Trinajstić information content (AvgIpc) is 2.96. The first kappa shape index (κ1) is 16.2. The van der Waals surface area contributed by atoms with Crippen LogP contribution in [0.1, 0.15) is 27.3 Å². The molecule has 3 aromatic rings. The zero-order valence-electron chi connectivity index (χ0n) is 13.2. The van der Waals surface area contributed by atoms with Crippen molar-refractivity contribution >= 4 is 17.5 Å². The minimum absolute atomic E-state index is 0.163. The van der Waals surface area contributed by atoms with E-state index in [2.05, 4.69) is 15.4 Å². The largest absolute Gasteiger partial charge is 0.346 e. The second-order valence-electron chi connectivity index (χ2n) is 5.44. The number of hydrogen-bond acceptors (Lipinski definition) is 3. The summed E-state index contributed by atoms with van der Waals surface area (Å²) < 4.78 is 1.82. The van der Waals surface area contributed by atoms with Crippen LogP contribution in [0.5, 0.6) is 0 Å². The van der Waals surface area contributed by atoms with Gasteiger partial charge in [-0.3, -0.25) is 14.5 Å². The maximum absolute atomic E-state index is 12.4. The Bertz CT molecular complexity index is 828. The molecule has 0 unspecified atom stereocenters. The summed E-state index contributed by atoms with van der Waals surface area (Å²) in [6, 6.07) is 13.6. The van der Waals surface area contributed by atoms with Gasteiger partial charge in [-0.25, -0.2) is 0 Å². The van der Waals surface area contributed by atoms with E-state index in [0.717, 1.165) is 17.0 Å². The summed E-state index contributed by atoms with van der Waals surface area (Å²) in [5.41, 5.74) is 3.29. The van der Waals surface area contributed by atoms with Gasteiger partial charge >= 0.3 is 0 Å². The second-order valence-corrected chi connectivity index (χ2v) is 5.87. The first-order valence-electron chi connectivity index (χ1n) is 7.58. The number of benzene rings is 1. The first-order chi connectivity index (χ1) is 11.6. The molecule has 0 aliphatic carbocycles. The molecule has 1 N–H and O–H groups in total. The second kappa shape index (κ2) is 7.27. The highest BCUT2D eigenvalue weighted by Gasteiger charge is 2.14. The van der Waals surface area contributed by atoms with Crippen LogP contribution in [0.25, 0.3) is 0 Å². The quantitative estimate of drug-likeness (QED) is 0.775. The van der Waals surface area contributed by atoms with Gasteiger partial charge in [-0.15, -0.1) is 0 Å². The topological polar surface area (TPSA) is 59.8 Å². The van der Waals surface area contributed by atoms with Crippen LogP contribution in [0.4, 0.5) is 0 Å². The summed E-state index contributed by atoms with van der Waals surface area (Å²) in [5.74, 6) is -0.163. The molecule has 0 aliphatic heterocycles. The van der Waals surface area contributed by atoms with Gasteiger partial charge in [-0.2, -0.15) is 5.10 Å². The van der Waals surface area contributed by atoms with Crippen LogP contribution in [-0.4, -0.2) is 20.7 Å². The van der Waals surface area contributed by atoms with Crippen molar-refractivity contribution < 1.29 is 4.79 Å². The number of carbonyl (C=O) groups excluding carboxylic acids is 1. The molecule has 122 valence electrons.